The Hall–Kier alpha value is -1.70. The molecule has 0 aliphatic rings. The molecule has 0 radical (unpaired) electrons. The normalized spacial score (nSPS) is 10.6. The number of carbonyl (C=O) groups is 1. The zero-order chi connectivity index (χ0) is 12.1. The Balaban J connectivity index is 2.26. The van der Waals surface area contributed by atoms with Crippen LogP contribution in [0.25, 0.3) is 10.9 Å². The number of hydrogen-bond donors (Lipinski definition) is 0. The molecule has 88 valence electrons. The lowest BCUT2D eigenvalue weighted by Crippen LogP contribution is -2.00. The highest BCUT2D eigenvalue weighted by Gasteiger charge is 2.09. The number of pyridine rings is 1. The highest BCUT2D eigenvalue weighted by Crippen LogP contribution is 2.18. The SMILES string of the molecule is CCCCCC(=O)c1cccc2cccnc12. The summed E-state index contributed by atoms with van der Waals surface area (Å²) in [4.78, 5) is 16.4. The number of fused-ring (bicyclic) bond motifs is 1. The first-order valence-electron chi connectivity index (χ1n) is 6.20. The van der Waals surface area contributed by atoms with Crippen LogP contribution in [-0.2, 0) is 0 Å². The number of nitrogens with zero attached hydrogens (tertiary/aromatic N) is 1. The minimum atomic E-state index is 0.211. The predicted octanol–water partition coefficient (Wildman–Crippen LogP) is 4.00. The van der Waals surface area contributed by atoms with Crippen molar-refractivity contribution in [2.24, 2.45) is 0 Å². The van der Waals surface area contributed by atoms with Gasteiger partial charge in [0.05, 0.1) is 5.52 Å². The molecule has 0 aliphatic heterocycles. The fourth-order valence-corrected chi connectivity index (χ4v) is 2.00. The Kier molecular flexibility index (Phi) is 3.86. The minimum absolute atomic E-state index is 0.211. The monoisotopic (exact) mass is 227 g/mol. The standard InChI is InChI=1S/C15H17NO/c1-2-3-4-10-14(17)13-9-5-7-12-8-6-11-16-15(12)13/h5-9,11H,2-4,10H2,1H3. The van der Waals surface area contributed by atoms with Crippen LogP contribution in [0.1, 0.15) is 43.0 Å². The zero-order valence-corrected chi connectivity index (χ0v) is 10.1. The van der Waals surface area contributed by atoms with Gasteiger partial charge in [-0.15, -0.1) is 0 Å². The van der Waals surface area contributed by atoms with Gasteiger partial charge in [-0.2, -0.15) is 0 Å². The van der Waals surface area contributed by atoms with Crippen molar-refractivity contribution in [3.63, 3.8) is 0 Å². The van der Waals surface area contributed by atoms with E-state index >= 15 is 0 Å². The number of para-hydroxylation sites is 1. The molecular weight excluding hydrogens is 210 g/mol. The molecule has 0 unspecified atom stereocenters. The Morgan fingerprint density at radius 3 is 2.82 bits per heavy atom. The van der Waals surface area contributed by atoms with Crippen LogP contribution in [-0.4, -0.2) is 10.8 Å². The maximum atomic E-state index is 12.1. The lowest BCUT2D eigenvalue weighted by Gasteiger charge is -2.04. The molecule has 1 aromatic heterocycles. The van der Waals surface area contributed by atoms with Gasteiger partial charge in [-0.05, 0) is 18.6 Å². The molecule has 0 fully saturated rings. The number of hydrogen-bond acceptors (Lipinski definition) is 2. The largest absolute Gasteiger partial charge is 0.294 e. The summed E-state index contributed by atoms with van der Waals surface area (Å²) in [5.74, 6) is 0.211. The Bertz CT molecular complexity index is 514. The molecule has 1 aromatic carbocycles. The van der Waals surface area contributed by atoms with E-state index in [4.69, 9.17) is 0 Å². The Morgan fingerprint density at radius 1 is 1.18 bits per heavy atom. The third-order valence-corrected chi connectivity index (χ3v) is 2.94. The number of benzene rings is 1. The van der Waals surface area contributed by atoms with Gasteiger partial charge >= 0.3 is 0 Å². The summed E-state index contributed by atoms with van der Waals surface area (Å²) in [6, 6.07) is 9.69. The summed E-state index contributed by atoms with van der Waals surface area (Å²) < 4.78 is 0. The summed E-state index contributed by atoms with van der Waals surface area (Å²) >= 11 is 0. The fraction of sp³-hybridized carbons (Fsp3) is 0.333. The van der Waals surface area contributed by atoms with Gasteiger partial charge in [-0.1, -0.05) is 38.0 Å². The van der Waals surface area contributed by atoms with Crippen molar-refractivity contribution in [2.75, 3.05) is 0 Å². The number of Topliss-reactive ketones (excluding diaryl/α,β-unsaturated/α-hetero) is 1. The first kappa shape index (κ1) is 11.8. The smallest absolute Gasteiger partial charge is 0.165 e. The van der Waals surface area contributed by atoms with Gasteiger partial charge in [0, 0.05) is 23.6 Å². The lowest BCUT2D eigenvalue weighted by molar-refractivity contribution is 0.0981. The molecule has 0 amide bonds. The second-order valence-electron chi connectivity index (χ2n) is 4.26. The highest BCUT2D eigenvalue weighted by molar-refractivity contribution is 6.06. The third-order valence-electron chi connectivity index (χ3n) is 2.94. The molecule has 2 aromatic rings. The van der Waals surface area contributed by atoms with Crippen molar-refractivity contribution in [3.8, 4) is 0 Å². The van der Waals surface area contributed by atoms with E-state index in [2.05, 4.69) is 11.9 Å². The second-order valence-corrected chi connectivity index (χ2v) is 4.26. The molecule has 0 N–H and O–H groups in total. The van der Waals surface area contributed by atoms with Crippen molar-refractivity contribution < 1.29 is 4.79 Å². The molecular formula is C15H17NO. The Morgan fingerprint density at radius 2 is 2.00 bits per heavy atom. The van der Waals surface area contributed by atoms with E-state index in [1.165, 1.54) is 0 Å². The van der Waals surface area contributed by atoms with Crippen LogP contribution < -0.4 is 0 Å². The highest BCUT2D eigenvalue weighted by atomic mass is 16.1. The molecule has 0 bridgehead atoms. The fourth-order valence-electron chi connectivity index (χ4n) is 2.00. The van der Waals surface area contributed by atoms with E-state index in [0.29, 0.717) is 6.42 Å². The predicted molar refractivity (Wildman–Crippen MR) is 70.2 cm³/mol. The molecule has 0 spiro atoms. The quantitative estimate of drug-likeness (QED) is 0.571. The minimum Gasteiger partial charge on any atom is -0.294 e. The number of rotatable bonds is 5. The number of ketones is 1. The van der Waals surface area contributed by atoms with E-state index in [1.54, 1.807) is 6.20 Å². The van der Waals surface area contributed by atoms with Crippen LogP contribution in [0.4, 0.5) is 0 Å². The van der Waals surface area contributed by atoms with E-state index in [9.17, 15) is 4.79 Å². The van der Waals surface area contributed by atoms with E-state index in [0.717, 1.165) is 35.7 Å². The molecule has 2 heteroatoms. The van der Waals surface area contributed by atoms with Crippen molar-refractivity contribution in [2.45, 2.75) is 32.6 Å². The van der Waals surface area contributed by atoms with Crippen molar-refractivity contribution >= 4 is 16.7 Å². The number of aromatic nitrogens is 1. The van der Waals surface area contributed by atoms with Gasteiger partial charge in [-0.3, -0.25) is 9.78 Å². The summed E-state index contributed by atoms with van der Waals surface area (Å²) in [6.45, 7) is 2.14. The Labute approximate surface area is 102 Å². The molecule has 17 heavy (non-hydrogen) atoms. The van der Waals surface area contributed by atoms with Crippen LogP contribution >= 0.6 is 0 Å². The average Bonchev–Trinajstić information content (AvgIpc) is 2.38. The van der Waals surface area contributed by atoms with Gasteiger partial charge in [0.15, 0.2) is 5.78 Å². The van der Waals surface area contributed by atoms with Crippen LogP contribution in [0.15, 0.2) is 36.5 Å². The maximum absolute atomic E-state index is 12.1. The first-order valence-corrected chi connectivity index (χ1v) is 6.20. The van der Waals surface area contributed by atoms with Gasteiger partial charge in [0.2, 0.25) is 0 Å². The molecule has 2 nitrogen and oxygen atoms in total. The summed E-state index contributed by atoms with van der Waals surface area (Å²) in [7, 11) is 0. The molecule has 0 saturated carbocycles. The third kappa shape index (κ3) is 2.70. The number of carbonyl (C=O) groups excluding carboxylic acids is 1. The van der Waals surface area contributed by atoms with E-state index in [-0.39, 0.29) is 5.78 Å². The van der Waals surface area contributed by atoms with Crippen molar-refractivity contribution in [1.29, 1.82) is 0 Å². The first-order chi connectivity index (χ1) is 8.33. The van der Waals surface area contributed by atoms with E-state index < -0.39 is 0 Å². The maximum Gasteiger partial charge on any atom is 0.165 e. The van der Waals surface area contributed by atoms with Crippen LogP contribution in [0.5, 0.6) is 0 Å². The summed E-state index contributed by atoms with van der Waals surface area (Å²) in [5.41, 5.74) is 1.59. The van der Waals surface area contributed by atoms with Crippen molar-refractivity contribution in [3.05, 3.63) is 42.1 Å². The topological polar surface area (TPSA) is 30.0 Å². The molecule has 0 aliphatic carbocycles. The van der Waals surface area contributed by atoms with Crippen LogP contribution in [0.2, 0.25) is 0 Å². The summed E-state index contributed by atoms with van der Waals surface area (Å²) in [6.07, 6.45) is 5.60. The molecule has 0 atom stereocenters. The molecule has 1 heterocycles. The van der Waals surface area contributed by atoms with Gasteiger partial charge in [0.1, 0.15) is 0 Å². The van der Waals surface area contributed by atoms with Crippen molar-refractivity contribution in [1.82, 2.24) is 4.98 Å². The number of unbranched alkanes of at least 4 members (excludes halogenated alkanes) is 2. The zero-order valence-electron chi connectivity index (χ0n) is 10.1. The molecule has 0 saturated heterocycles. The second kappa shape index (κ2) is 5.58. The van der Waals surface area contributed by atoms with E-state index in [1.807, 2.05) is 30.3 Å². The van der Waals surface area contributed by atoms with Crippen LogP contribution in [0.3, 0.4) is 0 Å². The average molecular weight is 227 g/mol. The molecule has 2 rings (SSSR count). The van der Waals surface area contributed by atoms with Crippen LogP contribution in [0, 0.1) is 0 Å². The van der Waals surface area contributed by atoms with Gasteiger partial charge in [0.25, 0.3) is 0 Å². The lowest BCUT2D eigenvalue weighted by atomic mass is 10.0. The van der Waals surface area contributed by atoms with Gasteiger partial charge in [-0.25, -0.2) is 0 Å². The summed E-state index contributed by atoms with van der Waals surface area (Å²) in [5, 5.41) is 1.04. The van der Waals surface area contributed by atoms with Gasteiger partial charge < -0.3 is 0 Å².